The molecule has 1 atom stereocenters. The van der Waals surface area contributed by atoms with Gasteiger partial charge in [0.15, 0.2) is 0 Å². The molecule has 0 fully saturated rings. The van der Waals surface area contributed by atoms with E-state index in [1.165, 1.54) is 18.2 Å². The molecule has 0 bridgehead atoms. The fraction of sp³-hybridized carbons (Fsp3) is 0.273. The molecular weight excluding hydrogens is 385 g/mol. The Kier molecular flexibility index (Phi) is 6.56. The van der Waals surface area contributed by atoms with Crippen LogP contribution in [0.25, 0.3) is 5.82 Å². The second-order valence-corrected chi connectivity index (χ2v) is 7.26. The van der Waals surface area contributed by atoms with Crippen LogP contribution < -0.4 is 10.6 Å². The van der Waals surface area contributed by atoms with E-state index in [9.17, 15) is 14.0 Å². The van der Waals surface area contributed by atoms with Gasteiger partial charge >= 0.3 is 0 Å². The average Bonchev–Trinajstić information content (AvgIpc) is 3.16. The lowest BCUT2D eigenvalue weighted by Crippen LogP contribution is -2.49. The molecule has 2 heterocycles. The molecule has 2 amide bonds. The summed E-state index contributed by atoms with van der Waals surface area (Å²) < 4.78 is 15.7. The molecule has 1 aromatic carbocycles. The molecule has 3 rings (SSSR count). The van der Waals surface area contributed by atoms with Crippen molar-refractivity contribution in [3.63, 3.8) is 0 Å². The van der Waals surface area contributed by atoms with E-state index < -0.39 is 17.8 Å². The van der Waals surface area contributed by atoms with E-state index in [1.54, 1.807) is 24.5 Å². The Balaban J connectivity index is 1.67. The molecule has 0 aliphatic rings. The Hall–Kier alpha value is -3.55. The minimum absolute atomic E-state index is 0.0922. The molecule has 156 valence electrons. The van der Waals surface area contributed by atoms with Gasteiger partial charge in [-0.2, -0.15) is 0 Å². The lowest BCUT2D eigenvalue weighted by molar-refractivity contribution is -0.124. The largest absolute Gasteiger partial charge is 0.350 e. The van der Waals surface area contributed by atoms with Gasteiger partial charge in [-0.25, -0.2) is 14.4 Å². The van der Waals surface area contributed by atoms with Crippen molar-refractivity contribution in [3.05, 3.63) is 77.8 Å². The maximum Gasteiger partial charge on any atom is 0.254 e. The number of aryl methyl sites for hydroxylation is 1. The molecule has 8 heteroatoms. The van der Waals surface area contributed by atoms with Crippen molar-refractivity contribution < 1.29 is 14.0 Å². The zero-order chi connectivity index (χ0) is 21.7. The van der Waals surface area contributed by atoms with E-state index in [2.05, 4.69) is 20.6 Å². The zero-order valence-electron chi connectivity index (χ0n) is 17.1. The number of nitrogens with zero attached hydrogens (tertiary/aromatic N) is 3. The first-order valence-corrected chi connectivity index (χ1v) is 9.65. The molecule has 0 saturated carbocycles. The molecule has 0 aliphatic heterocycles. The second-order valence-electron chi connectivity index (χ2n) is 7.26. The number of nitrogens with one attached hydrogen (secondary N) is 2. The quantitative estimate of drug-likeness (QED) is 0.628. The number of aromatic nitrogens is 3. The minimum atomic E-state index is -0.797. The van der Waals surface area contributed by atoms with Crippen molar-refractivity contribution in [1.29, 1.82) is 0 Å². The first-order valence-electron chi connectivity index (χ1n) is 9.65. The van der Waals surface area contributed by atoms with Crippen LogP contribution >= 0.6 is 0 Å². The fourth-order valence-electron chi connectivity index (χ4n) is 3.02. The average molecular weight is 409 g/mol. The van der Waals surface area contributed by atoms with Gasteiger partial charge in [0, 0.05) is 25.1 Å². The SMILES string of the molecule is Cc1nccn1-c1cc(CNC(=O)C(NC(=O)c2ccccc2F)C(C)C)ccn1. The predicted octanol–water partition coefficient (Wildman–Crippen LogP) is 2.79. The highest BCUT2D eigenvalue weighted by Crippen LogP contribution is 2.11. The first-order chi connectivity index (χ1) is 14.4. The van der Waals surface area contributed by atoms with Crippen LogP contribution in [0.3, 0.4) is 0 Å². The highest BCUT2D eigenvalue weighted by molar-refractivity contribution is 5.97. The van der Waals surface area contributed by atoms with Crippen LogP contribution in [-0.4, -0.2) is 32.4 Å². The number of benzene rings is 1. The number of carbonyl (C=O) groups is 2. The van der Waals surface area contributed by atoms with Crippen LogP contribution in [0, 0.1) is 18.7 Å². The van der Waals surface area contributed by atoms with E-state index in [-0.39, 0.29) is 23.9 Å². The lowest BCUT2D eigenvalue weighted by atomic mass is 10.0. The number of halogens is 1. The van der Waals surface area contributed by atoms with Gasteiger partial charge in [-0.3, -0.25) is 14.2 Å². The van der Waals surface area contributed by atoms with Crippen molar-refractivity contribution >= 4 is 11.8 Å². The summed E-state index contributed by atoms with van der Waals surface area (Å²) in [5.41, 5.74) is 0.759. The number of amides is 2. The number of hydrogen-bond donors (Lipinski definition) is 2. The smallest absolute Gasteiger partial charge is 0.254 e. The van der Waals surface area contributed by atoms with Crippen molar-refractivity contribution in [2.24, 2.45) is 5.92 Å². The second kappa shape index (κ2) is 9.30. The molecule has 0 saturated heterocycles. The normalized spacial score (nSPS) is 11.9. The Morgan fingerprint density at radius 1 is 1.13 bits per heavy atom. The minimum Gasteiger partial charge on any atom is -0.350 e. The summed E-state index contributed by atoms with van der Waals surface area (Å²) in [5.74, 6) is -0.264. The molecule has 2 aromatic heterocycles. The van der Waals surface area contributed by atoms with Gasteiger partial charge in [-0.15, -0.1) is 0 Å². The summed E-state index contributed by atoms with van der Waals surface area (Å²) in [5, 5.41) is 5.47. The van der Waals surface area contributed by atoms with Crippen LogP contribution in [0.2, 0.25) is 0 Å². The van der Waals surface area contributed by atoms with E-state index >= 15 is 0 Å². The van der Waals surface area contributed by atoms with Gasteiger partial charge in [0.25, 0.3) is 5.91 Å². The van der Waals surface area contributed by atoms with E-state index in [1.807, 2.05) is 37.6 Å². The summed E-state index contributed by atoms with van der Waals surface area (Å²) in [4.78, 5) is 33.7. The molecule has 2 N–H and O–H groups in total. The summed E-state index contributed by atoms with van der Waals surface area (Å²) in [6.45, 7) is 5.78. The third-order valence-electron chi connectivity index (χ3n) is 4.70. The van der Waals surface area contributed by atoms with Gasteiger partial charge in [0.05, 0.1) is 5.56 Å². The number of rotatable bonds is 7. The lowest BCUT2D eigenvalue weighted by Gasteiger charge is -2.22. The van der Waals surface area contributed by atoms with Gasteiger partial charge in [-0.1, -0.05) is 26.0 Å². The predicted molar refractivity (Wildman–Crippen MR) is 110 cm³/mol. The standard InChI is InChI=1S/C22H24FN5O2/c1-14(2)20(27-21(29)17-6-4-5-7-18(17)23)22(30)26-13-16-8-9-25-19(12-16)28-11-10-24-15(28)3/h4-12,14,20H,13H2,1-3H3,(H,26,30)(H,27,29). The highest BCUT2D eigenvalue weighted by Gasteiger charge is 2.25. The number of carbonyl (C=O) groups excluding carboxylic acids is 2. The fourth-order valence-corrected chi connectivity index (χ4v) is 3.02. The van der Waals surface area contributed by atoms with Gasteiger partial charge in [0.1, 0.15) is 23.5 Å². The summed E-state index contributed by atoms with van der Waals surface area (Å²) >= 11 is 0. The summed E-state index contributed by atoms with van der Waals surface area (Å²) in [6.07, 6.45) is 5.17. The van der Waals surface area contributed by atoms with E-state index in [4.69, 9.17) is 0 Å². The Bertz CT molecular complexity index is 1050. The summed E-state index contributed by atoms with van der Waals surface area (Å²) in [7, 11) is 0. The van der Waals surface area contributed by atoms with Gasteiger partial charge in [-0.05, 0) is 42.7 Å². The molecule has 30 heavy (non-hydrogen) atoms. The Morgan fingerprint density at radius 2 is 1.90 bits per heavy atom. The number of hydrogen-bond acceptors (Lipinski definition) is 4. The third kappa shape index (κ3) is 4.89. The van der Waals surface area contributed by atoms with Crippen LogP contribution in [-0.2, 0) is 11.3 Å². The van der Waals surface area contributed by atoms with E-state index in [0.717, 1.165) is 11.4 Å². The molecule has 7 nitrogen and oxygen atoms in total. The Labute approximate surface area is 174 Å². The highest BCUT2D eigenvalue weighted by atomic mass is 19.1. The van der Waals surface area contributed by atoms with Crippen LogP contribution in [0.15, 0.2) is 55.0 Å². The van der Waals surface area contributed by atoms with Crippen molar-refractivity contribution in [2.45, 2.75) is 33.4 Å². The number of imidazole rings is 1. The monoisotopic (exact) mass is 409 g/mol. The first kappa shape index (κ1) is 21.2. The third-order valence-corrected chi connectivity index (χ3v) is 4.70. The molecule has 3 aromatic rings. The maximum atomic E-state index is 13.9. The van der Waals surface area contributed by atoms with Crippen LogP contribution in [0.4, 0.5) is 4.39 Å². The molecule has 0 radical (unpaired) electrons. The molecule has 0 spiro atoms. The van der Waals surface area contributed by atoms with E-state index in [0.29, 0.717) is 5.82 Å². The maximum absolute atomic E-state index is 13.9. The topological polar surface area (TPSA) is 88.9 Å². The van der Waals surface area contributed by atoms with Crippen LogP contribution in [0.1, 0.15) is 35.6 Å². The van der Waals surface area contributed by atoms with Crippen molar-refractivity contribution in [3.8, 4) is 5.82 Å². The van der Waals surface area contributed by atoms with Gasteiger partial charge in [0.2, 0.25) is 5.91 Å². The molecular formula is C22H24FN5O2. The summed E-state index contributed by atoms with van der Waals surface area (Å²) in [6, 6.07) is 8.54. The number of pyridine rings is 1. The van der Waals surface area contributed by atoms with Crippen molar-refractivity contribution in [1.82, 2.24) is 25.2 Å². The Morgan fingerprint density at radius 3 is 2.57 bits per heavy atom. The molecule has 0 aliphatic carbocycles. The van der Waals surface area contributed by atoms with Crippen molar-refractivity contribution in [2.75, 3.05) is 0 Å². The van der Waals surface area contributed by atoms with Crippen LogP contribution in [0.5, 0.6) is 0 Å². The zero-order valence-corrected chi connectivity index (χ0v) is 17.1. The van der Waals surface area contributed by atoms with Gasteiger partial charge < -0.3 is 10.6 Å². The molecule has 1 unspecified atom stereocenters.